The number of fused-ring (bicyclic) bond motifs is 1. The summed E-state index contributed by atoms with van der Waals surface area (Å²) in [6.07, 6.45) is 2.42. The van der Waals surface area contributed by atoms with Crippen molar-refractivity contribution in [2.45, 2.75) is 25.8 Å². The van der Waals surface area contributed by atoms with Gasteiger partial charge < -0.3 is 9.88 Å². The Labute approximate surface area is 95.5 Å². The zero-order chi connectivity index (χ0) is 11.0. The third kappa shape index (κ3) is 1.52. The number of benzene rings is 1. The summed E-state index contributed by atoms with van der Waals surface area (Å²) in [6, 6.07) is 9.05. The van der Waals surface area contributed by atoms with Gasteiger partial charge >= 0.3 is 0 Å². The molecule has 0 saturated carbocycles. The second-order valence-corrected chi connectivity index (χ2v) is 4.50. The van der Waals surface area contributed by atoms with Crippen molar-refractivity contribution in [3.05, 3.63) is 30.1 Å². The van der Waals surface area contributed by atoms with E-state index in [1.54, 1.807) is 0 Å². The van der Waals surface area contributed by atoms with Crippen molar-refractivity contribution in [2.24, 2.45) is 0 Å². The van der Waals surface area contributed by atoms with E-state index in [9.17, 15) is 0 Å². The van der Waals surface area contributed by atoms with Crippen LogP contribution in [0, 0.1) is 6.92 Å². The molecule has 1 saturated heterocycles. The third-order valence-electron chi connectivity index (χ3n) is 3.45. The van der Waals surface area contributed by atoms with Crippen molar-refractivity contribution in [1.82, 2.24) is 14.9 Å². The van der Waals surface area contributed by atoms with Crippen LogP contribution in [-0.4, -0.2) is 22.6 Å². The highest BCUT2D eigenvalue weighted by atomic mass is 15.1. The molecule has 0 radical (unpaired) electrons. The molecule has 1 aromatic carbocycles. The van der Waals surface area contributed by atoms with E-state index in [-0.39, 0.29) is 0 Å². The zero-order valence-corrected chi connectivity index (χ0v) is 9.61. The van der Waals surface area contributed by atoms with Gasteiger partial charge in [-0.25, -0.2) is 4.98 Å². The number of nitrogens with zero attached hydrogens (tertiary/aromatic N) is 2. The molecule has 1 fully saturated rings. The fourth-order valence-electron chi connectivity index (χ4n) is 2.69. The molecule has 1 aliphatic rings. The first-order valence-electron chi connectivity index (χ1n) is 6.00. The summed E-state index contributed by atoms with van der Waals surface area (Å²) in [7, 11) is 0. The minimum absolute atomic E-state index is 0.619. The number of piperidine rings is 1. The maximum Gasteiger partial charge on any atom is 0.106 e. The second-order valence-electron chi connectivity index (χ2n) is 4.50. The molecule has 0 aliphatic carbocycles. The summed E-state index contributed by atoms with van der Waals surface area (Å²) < 4.78 is 2.41. The topological polar surface area (TPSA) is 29.9 Å². The highest BCUT2D eigenvalue weighted by molar-refractivity contribution is 5.76. The first kappa shape index (κ1) is 9.85. The number of hydrogen-bond donors (Lipinski definition) is 1. The summed E-state index contributed by atoms with van der Waals surface area (Å²) in [4.78, 5) is 4.63. The summed E-state index contributed by atoms with van der Waals surface area (Å²) >= 11 is 0. The summed E-state index contributed by atoms with van der Waals surface area (Å²) in [5.74, 6) is 1.15. The fraction of sp³-hybridized carbons (Fsp3) is 0.462. The minimum atomic E-state index is 0.619. The standard InChI is InChI=1S/C13H17N3/c1-10-15-12-4-2-3-5-13(12)16(10)11-6-8-14-9-7-11/h2-5,11,14H,6-9H2,1H3. The van der Waals surface area contributed by atoms with E-state index in [0.29, 0.717) is 6.04 Å². The van der Waals surface area contributed by atoms with Crippen LogP contribution in [0.25, 0.3) is 11.0 Å². The van der Waals surface area contributed by atoms with Gasteiger partial charge in [0, 0.05) is 6.04 Å². The van der Waals surface area contributed by atoms with E-state index >= 15 is 0 Å². The smallest absolute Gasteiger partial charge is 0.106 e. The van der Waals surface area contributed by atoms with Crippen LogP contribution in [0.3, 0.4) is 0 Å². The number of hydrogen-bond acceptors (Lipinski definition) is 2. The van der Waals surface area contributed by atoms with Gasteiger partial charge in [-0.3, -0.25) is 0 Å². The minimum Gasteiger partial charge on any atom is -0.325 e. The Hall–Kier alpha value is -1.35. The fourth-order valence-corrected chi connectivity index (χ4v) is 2.69. The Balaban J connectivity index is 2.10. The van der Waals surface area contributed by atoms with Crippen LogP contribution in [-0.2, 0) is 0 Å². The van der Waals surface area contributed by atoms with Gasteiger partial charge in [-0.1, -0.05) is 12.1 Å². The SMILES string of the molecule is Cc1nc2ccccc2n1C1CCNCC1. The number of nitrogens with one attached hydrogen (secondary N) is 1. The molecule has 84 valence electrons. The van der Waals surface area contributed by atoms with Crippen molar-refractivity contribution in [3.63, 3.8) is 0 Å². The van der Waals surface area contributed by atoms with E-state index in [0.717, 1.165) is 24.4 Å². The van der Waals surface area contributed by atoms with Gasteiger partial charge in [0.05, 0.1) is 11.0 Å². The Kier molecular flexibility index (Phi) is 2.40. The van der Waals surface area contributed by atoms with Crippen LogP contribution in [0.15, 0.2) is 24.3 Å². The molecule has 2 heterocycles. The lowest BCUT2D eigenvalue weighted by Gasteiger charge is -2.25. The van der Waals surface area contributed by atoms with Crippen LogP contribution in [0.2, 0.25) is 0 Å². The molecule has 2 aromatic rings. The van der Waals surface area contributed by atoms with Gasteiger partial charge in [-0.2, -0.15) is 0 Å². The Morgan fingerprint density at radius 3 is 2.81 bits per heavy atom. The number of aromatic nitrogens is 2. The van der Waals surface area contributed by atoms with Gasteiger partial charge in [0.2, 0.25) is 0 Å². The van der Waals surface area contributed by atoms with E-state index < -0.39 is 0 Å². The van der Waals surface area contributed by atoms with E-state index in [4.69, 9.17) is 0 Å². The number of rotatable bonds is 1. The van der Waals surface area contributed by atoms with Crippen LogP contribution >= 0.6 is 0 Å². The average molecular weight is 215 g/mol. The molecule has 1 aromatic heterocycles. The molecule has 3 heteroatoms. The molecule has 1 N–H and O–H groups in total. The number of imidazole rings is 1. The van der Waals surface area contributed by atoms with E-state index in [1.807, 2.05) is 0 Å². The molecule has 3 nitrogen and oxygen atoms in total. The van der Waals surface area contributed by atoms with Crippen LogP contribution in [0.5, 0.6) is 0 Å². The van der Waals surface area contributed by atoms with Gasteiger partial charge in [0.15, 0.2) is 0 Å². The Morgan fingerprint density at radius 1 is 1.25 bits per heavy atom. The van der Waals surface area contributed by atoms with Crippen molar-refractivity contribution in [2.75, 3.05) is 13.1 Å². The van der Waals surface area contributed by atoms with Crippen molar-refractivity contribution in [1.29, 1.82) is 0 Å². The van der Waals surface area contributed by atoms with Crippen LogP contribution in [0.1, 0.15) is 24.7 Å². The zero-order valence-electron chi connectivity index (χ0n) is 9.61. The molecule has 16 heavy (non-hydrogen) atoms. The summed E-state index contributed by atoms with van der Waals surface area (Å²) in [5, 5.41) is 3.41. The second kappa shape index (κ2) is 3.91. The molecule has 3 rings (SSSR count). The maximum absolute atomic E-state index is 4.63. The van der Waals surface area contributed by atoms with Gasteiger partial charge in [-0.15, -0.1) is 0 Å². The predicted molar refractivity (Wildman–Crippen MR) is 65.6 cm³/mol. The van der Waals surface area contributed by atoms with Crippen molar-refractivity contribution in [3.8, 4) is 0 Å². The summed E-state index contributed by atoms with van der Waals surface area (Å²) in [5.41, 5.74) is 2.41. The lowest BCUT2D eigenvalue weighted by molar-refractivity contribution is 0.370. The van der Waals surface area contributed by atoms with Gasteiger partial charge in [0.1, 0.15) is 5.82 Å². The molecule has 1 aliphatic heterocycles. The highest BCUT2D eigenvalue weighted by Gasteiger charge is 2.18. The highest BCUT2D eigenvalue weighted by Crippen LogP contribution is 2.26. The molecule has 0 amide bonds. The van der Waals surface area contributed by atoms with E-state index in [2.05, 4.69) is 46.1 Å². The Bertz CT molecular complexity index is 495. The van der Waals surface area contributed by atoms with Crippen molar-refractivity contribution < 1.29 is 0 Å². The van der Waals surface area contributed by atoms with Gasteiger partial charge in [0.25, 0.3) is 0 Å². The van der Waals surface area contributed by atoms with Crippen LogP contribution < -0.4 is 5.32 Å². The molecule has 0 bridgehead atoms. The van der Waals surface area contributed by atoms with Gasteiger partial charge in [-0.05, 0) is 45.0 Å². The Morgan fingerprint density at radius 2 is 2.00 bits per heavy atom. The molecule has 0 spiro atoms. The number of para-hydroxylation sites is 2. The molecular formula is C13H17N3. The monoisotopic (exact) mass is 215 g/mol. The lowest BCUT2D eigenvalue weighted by atomic mass is 10.1. The normalized spacial score (nSPS) is 18.1. The summed E-state index contributed by atoms with van der Waals surface area (Å²) in [6.45, 7) is 4.36. The maximum atomic E-state index is 4.63. The van der Waals surface area contributed by atoms with Crippen molar-refractivity contribution >= 4 is 11.0 Å². The average Bonchev–Trinajstić information content (AvgIpc) is 2.66. The predicted octanol–water partition coefficient (Wildman–Crippen LogP) is 2.27. The number of aryl methyl sites for hydroxylation is 1. The first-order chi connectivity index (χ1) is 7.86. The first-order valence-corrected chi connectivity index (χ1v) is 6.00. The largest absolute Gasteiger partial charge is 0.325 e. The molecular weight excluding hydrogens is 198 g/mol. The third-order valence-corrected chi connectivity index (χ3v) is 3.45. The lowest BCUT2D eigenvalue weighted by Crippen LogP contribution is -2.29. The quantitative estimate of drug-likeness (QED) is 0.791. The molecule has 0 atom stereocenters. The van der Waals surface area contributed by atoms with Crippen LogP contribution in [0.4, 0.5) is 0 Å². The molecule has 0 unspecified atom stereocenters. The van der Waals surface area contributed by atoms with E-state index in [1.165, 1.54) is 18.4 Å².